The van der Waals surface area contributed by atoms with Crippen LogP contribution in [0.1, 0.15) is 19.4 Å². The van der Waals surface area contributed by atoms with E-state index in [2.05, 4.69) is 5.32 Å². The minimum atomic E-state index is -1.05. The van der Waals surface area contributed by atoms with E-state index < -0.39 is 12.0 Å². The van der Waals surface area contributed by atoms with Crippen LogP contribution in [-0.2, 0) is 16.0 Å². The Hall–Kier alpha value is -2.04. The van der Waals surface area contributed by atoms with Gasteiger partial charge in [0.05, 0.1) is 6.42 Å². The molecule has 5 nitrogen and oxygen atoms in total. The first kappa shape index (κ1) is 14.0. The van der Waals surface area contributed by atoms with Crippen molar-refractivity contribution in [3.8, 4) is 5.75 Å². The van der Waals surface area contributed by atoms with Gasteiger partial charge < -0.3 is 15.5 Å². The number of amides is 1. The van der Waals surface area contributed by atoms with Crippen LogP contribution >= 0.6 is 0 Å². The summed E-state index contributed by atoms with van der Waals surface area (Å²) in [4.78, 5) is 22.6. The zero-order valence-electron chi connectivity index (χ0n) is 10.4. The molecule has 0 heterocycles. The fraction of sp³-hybridized carbons (Fsp3) is 0.385. The Morgan fingerprint density at radius 2 is 2.00 bits per heavy atom. The van der Waals surface area contributed by atoms with Crippen LogP contribution in [0.15, 0.2) is 24.3 Å². The normalized spacial score (nSPS) is 12.2. The van der Waals surface area contributed by atoms with Gasteiger partial charge in [-0.15, -0.1) is 0 Å². The minimum absolute atomic E-state index is 0.0465. The Morgan fingerprint density at radius 3 is 2.50 bits per heavy atom. The molecule has 1 atom stereocenters. The molecule has 0 aliphatic rings. The van der Waals surface area contributed by atoms with Crippen molar-refractivity contribution in [2.45, 2.75) is 26.3 Å². The molecule has 0 aliphatic heterocycles. The number of carboxylic acids is 1. The van der Waals surface area contributed by atoms with Crippen LogP contribution < -0.4 is 5.32 Å². The second kappa shape index (κ2) is 6.05. The third kappa shape index (κ3) is 4.08. The van der Waals surface area contributed by atoms with Crippen LogP contribution in [0.4, 0.5) is 0 Å². The summed E-state index contributed by atoms with van der Waals surface area (Å²) in [6.07, 6.45) is 0.0465. The van der Waals surface area contributed by atoms with Gasteiger partial charge in [-0.25, -0.2) is 4.79 Å². The van der Waals surface area contributed by atoms with Gasteiger partial charge in [-0.2, -0.15) is 0 Å². The number of aliphatic carboxylic acids is 1. The first-order valence-electron chi connectivity index (χ1n) is 5.70. The summed E-state index contributed by atoms with van der Waals surface area (Å²) in [5.41, 5.74) is 0.639. The van der Waals surface area contributed by atoms with Crippen LogP contribution in [0.3, 0.4) is 0 Å². The lowest BCUT2D eigenvalue weighted by atomic mass is 10.0. The first-order valence-corrected chi connectivity index (χ1v) is 5.70. The number of phenolic OH excluding ortho intramolecular Hbond substituents is 1. The van der Waals surface area contributed by atoms with Gasteiger partial charge in [0.15, 0.2) is 0 Å². The summed E-state index contributed by atoms with van der Waals surface area (Å²) in [5.74, 6) is -1.52. The van der Waals surface area contributed by atoms with Crippen LogP contribution in [-0.4, -0.2) is 28.1 Å². The Balaban J connectivity index is 2.63. The van der Waals surface area contributed by atoms with Crippen molar-refractivity contribution in [3.05, 3.63) is 29.8 Å². The number of hydrogen-bond donors (Lipinski definition) is 3. The molecule has 0 radical (unpaired) electrons. The molecule has 0 aromatic heterocycles. The SMILES string of the molecule is CC(C)C(NC(=O)Cc1cccc(O)c1)C(=O)O. The molecule has 1 aromatic rings. The largest absolute Gasteiger partial charge is 0.508 e. The van der Waals surface area contributed by atoms with Crippen LogP contribution in [0.5, 0.6) is 5.75 Å². The molecule has 0 saturated heterocycles. The average Bonchev–Trinajstić information content (AvgIpc) is 2.25. The molecule has 0 aliphatic carbocycles. The van der Waals surface area contributed by atoms with Gasteiger partial charge in [-0.05, 0) is 23.6 Å². The average molecular weight is 251 g/mol. The quantitative estimate of drug-likeness (QED) is 0.733. The third-order valence-electron chi connectivity index (χ3n) is 2.52. The predicted molar refractivity (Wildman–Crippen MR) is 66.2 cm³/mol. The molecule has 5 heteroatoms. The summed E-state index contributed by atoms with van der Waals surface area (Å²) in [6.45, 7) is 3.46. The molecule has 0 saturated carbocycles. The summed E-state index contributed by atoms with van der Waals surface area (Å²) in [7, 11) is 0. The maximum Gasteiger partial charge on any atom is 0.326 e. The monoisotopic (exact) mass is 251 g/mol. The molecule has 0 spiro atoms. The standard InChI is InChI=1S/C13H17NO4/c1-8(2)12(13(17)18)14-11(16)7-9-4-3-5-10(15)6-9/h3-6,8,12,15H,7H2,1-2H3,(H,14,16)(H,17,18). The fourth-order valence-corrected chi connectivity index (χ4v) is 1.59. The van der Waals surface area contributed by atoms with Crippen molar-refractivity contribution in [1.82, 2.24) is 5.32 Å². The van der Waals surface area contributed by atoms with E-state index in [0.29, 0.717) is 5.56 Å². The maximum atomic E-state index is 11.7. The second-order valence-corrected chi connectivity index (χ2v) is 4.47. The topological polar surface area (TPSA) is 86.6 Å². The zero-order chi connectivity index (χ0) is 13.7. The summed E-state index contributed by atoms with van der Waals surface area (Å²) >= 11 is 0. The summed E-state index contributed by atoms with van der Waals surface area (Å²) in [5, 5.41) is 20.7. The molecular weight excluding hydrogens is 234 g/mol. The van der Waals surface area contributed by atoms with E-state index in [4.69, 9.17) is 5.11 Å². The number of phenols is 1. The van der Waals surface area contributed by atoms with E-state index in [0.717, 1.165) is 0 Å². The molecule has 3 N–H and O–H groups in total. The second-order valence-electron chi connectivity index (χ2n) is 4.47. The third-order valence-corrected chi connectivity index (χ3v) is 2.52. The number of aromatic hydroxyl groups is 1. The van der Waals surface area contributed by atoms with E-state index in [1.165, 1.54) is 12.1 Å². The van der Waals surface area contributed by atoms with Crippen molar-refractivity contribution in [2.75, 3.05) is 0 Å². The lowest BCUT2D eigenvalue weighted by Crippen LogP contribution is -2.44. The van der Waals surface area contributed by atoms with Gasteiger partial charge in [0.25, 0.3) is 0 Å². The molecule has 1 rings (SSSR count). The molecule has 1 aromatic carbocycles. The smallest absolute Gasteiger partial charge is 0.326 e. The van der Waals surface area contributed by atoms with Gasteiger partial charge in [0, 0.05) is 0 Å². The summed E-state index contributed by atoms with van der Waals surface area (Å²) < 4.78 is 0. The Morgan fingerprint density at radius 1 is 1.33 bits per heavy atom. The van der Waals surface area contributed by atoms with Gasteiger partial charge in [0.2, 0.25) is 5.91 Å². The molecule has 18 heavy (non-hydrogen) atoms. The van der Waals surface area contributed by atoms with E-state index >= 15 is 0 Å². The molecular formula is C13H17NO4. The number of carbonyl (C=O) groups excluding carboxylic acids is 1. The van der Waals surface area contributed by atoms with Gasteiger partial charge in [-0.1, -0.05) is 26.0 Å². The van der Waals surface area contributed by atoms with Gasteiger partial charge in [-0.3, -0.25) is 4.79 Å². The first-order chi connectivity index (χ1) is 8.40. The number of benzene rings is 1. The predicted octanol–water partition coefficient (Wildman–Crippen LogP) is 1.16. The van der Waals surface area contributed by atoms with Crippen molar-refractivity contribution in [2.24, 2.45) is 5.92 Å². The molecule has 98 valence electrons. The summed E-state index contributed by atoms with van der Waals surface area (Å²) in [6, 6.07) is 5.43. The molecule has 0 bridgehead atoms. The van der Waals surface area contributed by atoms with Crippen LogP contribution in [0.25, 0.3) is 0 Å². The van der Waals surface area contributed by atoms with Gasteiger partial charge >= 0.3 is 5.97 Å². The van der Waals surface area contributed by atoms with Crippen LogP contribution in [0, 0.1) is 5.92 Å². The Labute approximate surface area is 105 Å². The number of hydrogen-bond acceptors (Lipinski definition) is 3. The number of carboxylic acid groups (broad SMARTS) is 1. The van der Waals surface area contributed by atoms with Crippen molar-refractivity contribution in [1.29, 1.82) is 0 Å². The van der Waals surface area contributed by atoms with E-state index in [-0.39, 0.29) is 24.0 Å². The highest BCUT2D eigenvalue weighted by Crippen LogP contribution is 2.11. The van der Waals surface area contributed by atoms with Crippen molar-refractivity contribution >= 4 is 11.9 Å². The van der Waals surface area contributed by atoms with Crippen LogP contribution in [0.2, 0.25) is 0 Å². The van der Waals surface area contributed by atoms with E-state index in [9.17, 15) is 14.7 Å². The van der Waals surface area contributed by atoms with Gasteiger partial charge in [0.1, 0.15) is 11.8 Å². The lowest BCUT2D eigenvalue weighted by molar-refractivity contribution is -0.143. The lowest BCUT2D eigenvalue weighted by Gasteiger charge is -2.17. The maximum absolute atomic E-state index is 11.7. The fourth-order valence-electron chi connectivity index (χ4n) is 1.59. The van der Waals surface area contributed by atoms with Crippen molar-refractivity contribution < 1.29 is 19.8 Å². The Kier molecular flexibility index (Phi) is 4.71. The minimum Gasteiger partial charge on any atom is -0.508 e. The number of rotatable bonds is 5. The number of carbonyl (C=O) groups is 2. The highest BCUT2D eigenvalue weighted by atomic mass is 16.4. The molecule has 1 amide bonds. The highest BCUT2D eigenvalue weighted by Gasteiger charge is 2.23. The van der Waals surface area contributed by atoms with E-state index in [1.54, 1.807) is 26.0 Å². The highest BCUT2D eigenvalue weighted by molar-refractivity contribution is 5.85. The Bertz CT molecular complexity index is 442. The zero-order valence-corrected chi connectivity index (χ0v) is 10.4. The van der Waals surface area contributed by atoms with Crippen molar-refractivity contribution in [3.63, 3.8) is 0 Å². The number of nitrogens with one attached hydrogen (secondary N) is 1. The van der Waals surface area contributed by atoms with E-state index in [1.807, 2.05) is 0 Å². The molecule has 1 unspecified atom stereocenters. The molecule has 0 fully saturated rings.